The molecule has 1 unspecified atom stereocenters. The topological polar surface area (TPSA) is 49.5 Å². The number of hydrogen-bond donors (Lipinski definition) is 2. The van der Waals surface area contributed by atoms with Gasteiger partial charge in [0.1, 0.15) is 0 Å². The van der Waals surface area contributed by atoms with Gasteiger partial charge in [0.15, 0.2) is 0 Å². The van der Waals surface area contributed by atoms with Crippen LogP contribution in [0.25, 0.3) is 0 Å². The second-order valence-electron chi connectivity index (χ2n) is 3.98. The minimum absolute atomic E-state index is 0.0468. The van der Waals surface area contributed by atoms with Crippen molar-refractivity contribution in [1.82, 2.24) is 4.90 Å². The number of nitrogens with zero attached hydrogens (tertiary/aromatic N) is 1. The van der Waals surface area contributed by atoms with Crippen LogP contribution in [0.1, 0.15) is 11.1 Å². The number of aryl methyl sites for hydroxylation is 1. The molecule has 0 amide bonds. The molecule has 1 rings (SSSR count). The first-order chi connectivity index (χ1) is 7.17. The molecule has 0 aliphatic carbocycles. The summed E-state index contributed by atoms with van der Waals surface area (Å²) in [6.07, 6.45) is 0. The Kier molecular flexibility index (Phi) is 4.75. The first kappa shape index (κ1) is 12.2. The van der Waals surface area contributed by atoms with Gasteiger partial charge in [0.2, 0.25) is 0 Å². The van der Waals surface area contributed by atoms with E-state index in [1.54, 1.807) is 0 Å². The number of benzene rings is 1. The minimum atomic E-state index is 0.0468. The zero-order valence-corrected chi connectivity index (χ0v) is 9.48. The molecule has 0 aliphatic rings. The molecule has 1 atom stereocenters. The van der Waals surface area contributed by atoms with Gasteiger partial charge in [-0.1, -0.05) is 29.8 Å². The van der Waals surface area contributed by atoms with E-state index in [1.807, 2.05) is 7.05 Å². The van der Waals surface area contributed by atoms with Gasteiger partial charge in [-0.25, -0.2) is 0 Å². The van der Waals surface area contributed by atoms with E-state index in [-0.39, 0.29) is 12.6 Å². The molecule has 0 heterocycles. The van der Waals surface area contributed by atoms with Gasteiger partial charge in [-0.05, 0) is 19.5 Å². The smallest absolute Gasteiger partial charge is 0.0599 e. The van der Waals surface area contributed by atoms with Crippen molar-refractivity contribution in [3.63, 3.8) is 0 Å². The molecule has 0 radical (unpaired) electrons. The van der Waals surface area contributed by atoms with Crippen molar-refractivity contribution in [2.75, 3.05) is 20.2 Å². The van der Waals surface area contributed by atoms with Crippen LogP contribution in [0.4, 0.5) is 0 Å². The Balaban J connectivity index is 2.61. The van der Waals surface area contributed by atoms with Crippen molar-refractivity contribution in [2.24, 2.45) is 5.73 Å². The van der Waals surface area contributed by atoms with Gasteiger partial charge in [-0.2, -0.15) is 0 Å². The predicted octanol–water partition coefficient (Wildman–Crippen LogP) is 0.746. The molecular formula is C12H20N2O. The Bertz CT molecular complexity index is 297. The summed E-state index contributed by atoms with van der Waals surface area (Å²) in [5.41, 5.74) is 8.08. The Morgan fingerprint density at radius 2 is 2.20 bits per heavy atom. The van der Waals surface area contributed by atoms with Gasteiger partial charge in [0.05, 0.1) is 6.61 Å². The van der Waals surface area contributed by atoms with E-state index < -0.39 is 0 Å². The predicted molar refractivity (Wildman–Crippen MR) is 62.6 cm³/mol. The lowest BCUT2D eigenvalue weighted by Crippen LogP contribution is -2.40. The molecule has 1 aromatic carbocycles. The Labute approximate surface area is 91.5 Å². The van der Waals surface area contributed by atoms with E-state index in [9.17, 15) is 0 Å². The molecule has 0 fully saturated rings. The van der Waals surface area contributed by atoms with E-state index in [0.717, 1.165) is 6.54 Å². The molecule has 3 N–H and O–H groups in total. The summed E-state index contributed by atoms with van der Waals surface area (Å²) in [6, 6.07) is 8.42. The lowest BCUT2D eigenvalue weighted by molar-refractivity contribution is 0.146. The van der Waals surface area contributed by atoms with Crippen LogP contribution in [0.5, 0.6) is 0 Å². The fraction of sp³-hybridized carbons (Fsp3) is 0.500. The fourth-order valence-corrected chi connectivity index (χ4v) is 1.62. The average molecular weight is 208 g/mol. The van der Waals surface area contributed by atoms with Crippen LogP contribution < -0.4 is 5.73 Å². The number of aliphatic hydroxyl groups is 1. The van der Waals surface area contributed by atoms with Crippen LogP contribution in [0, 0.1) is 6.92 Å². The summed E-state index contributed by atoms with van der Waals surface area (Å²) in [5, 5.41) is 9.11. The molecule has 0 saturated heterocycles. The van der Waals surface area contributed by atoms with Crippen LogP contribution in [0.3, 0.4) is 0 Å². The number of aliphatic hydroxyl groups excluding tert-OH is 1. The molecule has 84 valence electrons. The standard InChI is InChI=1S/C12H20N2O/c1-10-4-3-5-11(6-10)8-14(2)12(7-13)9-15/h3-6,12,15H,7-9,13H2,1-2H3. The number of hydrogen-bond acceptors (Lipinski definition) is 3. The second-order valence-corrected chi connectivity index (χ2v) is 3.98. The van der Waals surface area contributed by atoms with Crippen molar-refractivity contribution in [3.05, 3.63) is 35.4 Å². The highest BCUT2D eigenvalue weighted by molar-refractivity contribution is 5.22. The summed E-state index contributed by atoms with van der Waals surface area (Å²) < 4.78 is 0. The zero-order valence-electron chi connectivity index (χ0n) is 9.48. The molecule has 15 heavy (non-hydrogen) atoms. The van der Waals surface area contributed by atoms with Gasteiger partial charge in [0, 0.05) is 19.1 Å². The molecule has 0 aliphatic heterocycles. The highest BCUT2D eigenvalue weighted by Crippen LogP contribution is 2.08. The van der Waals surface area contributed by atoms with Crippen LogP contribution >= 0.6 is 0 Å². The molecule has 3 heteroatoms. The van der Waals surface area contributed by atoms with Gasteiger partial charge in [-0.3, -0.25) is 4.90 Å². The highest BCUT2D eigenvalue weighted by Gasteiger charge is 2.11. The van der Waals surface area contributed by atoms with Crippen molar-refractivity contribution < 1.29 is 5.11 Å². The monoisotopic (exact) mass is 208 g/mol. The van der Waals surface area contributed by atoms with Crippen LogP contribution in [-0.2, 0) is 6.54 Å². The third-order valence-corrected chi connectivity index (χ3v) is 2.62. The molecule has 0 bridgehead atoms. The van der Waals surface area contributed by atoms with Crippen LogP contribution in [0.15, 0.2) is 24.3 Å². The summed E-state index contributed by atoms with van der Waals surface area (Å²) >= 11 is 0. The number of nitrogens with two attached hydrogens (primary N) is 1. The first-order valence-electron chi connectivity index (χ1n) is 5.24. The van der Waals surface area contributed by atoms with E-state index in [1.165, 1.54) is 11.1 Å². The molecule has 0 aromatic heterocycles. The first-order valence-corrected chi connectivity index (χ1v) is 5.24. The molecule has 0 spiro atoms. The fourth-order valence-electron chi connectivity index (χ4n) is 1.62. The number of likely N-dealkylation sites (N-methyl/N-ethyl adjacent to an activating group) is 1. The lowest BCUT2D eigenvalue weighted by Gasteiger charge is -2.25. The van der Waals surface area contributed by atoms with E-state index in [0.29, 0.717) is 6.54 Å². The maximum absolute atomic E-state index is 9.11. The van der Waals surface area contributed by atoms with Crippen LogP contribution in [0.2, 0.25) is 0 Å². The molecular weight excluding hydrogens is 188 g/mol. The Morgan fingerprint density at radius 3 is 2.73 bits per heavy atom. The van der Waals surface area contributed by atoms with Crippen molar-refractivity contribution in [3.8, 4) is 0 Å². The zero-order chi connectivity index (χ0) is 11.3. The summed E-state index contributed by atoms with van der Waals surface area (Å²) in [4.78, 5) is 2.08. The number of rotatable bonds is 5. The van der Waals surface area contributed by atoms with E-state index in [4.69, 9.17) is 10.8 Å². The summed E-state index contributed by atoms with van der Waals surface area (Å²) in [6.45, 7) is 3.50. The maximum atomic E-state index is 9.11. The normalized spacial score (nSPS) is 13.1. The third kappa shape index (κ3) is 3.63. The summed E-state index contributed by atoms with van der Waals surface area (Å²) in [5.74, 6) is 0. The van der Waals surface area contributed by atoms with Gasteiger partial charge in [-0.15, -0.1) is 0 Å². The SMILES string of the molecule is Cc1cccc(CN(C)C(CN)CO)c1. The highest BCUT2D eigenvalue weighted by atomic mass is 16.3. The maximum Gasteiger partial charge on any atom is 0.0599 e. The van der Waals surface area contributed by atoms with Crippen molar-refractivity contribution >= 4 is 0 Å². The molecule has 3 nitrogen and oxygen atoms in total. The van der Waals surface area contributed by atoms with Crippen molar-refractivity contribution in [2.45, 2.75) is 19.5 Å². The lowest BCUT2D eigenvalue weighted by atomic mass is 10.1. The molecule has 0 saturated carbocycles. The second kappa shape index (κ2) is 5.85. The van der Waals surface area contributed by atoms with E-state index >= 15 is 0 Å². The third-order valence-electron chi connectivity index (χ3n) is 2.62. The van der Waals surface area contributed by atoms with Gasteiger partial charge in [0.25, 0.3) is 0 Å². The molecule has 1 aromatic rings. The Hall–Kier alpha value is -0.900. The average Bonchev–Trinajstić information content (AvgIpc) is 2.19. The van der Waals surface area contributed by atoms with E-state index in [2.05, 4.69) is 36.1 Å². The Morgan fingerprint density at radius 1 is 1.47 bits per heavy atom. The summed E-state index contributed by atoms with van der Waals surface area (Å²) in [7, 11) is 1.98. The quantitative estimate of drug-likeness (QED) is 0.750. The van der Waals surface area contributed by atoms with Gasteiger partial charge >= 0.3 is 0 Å². The van der Waals surface area contributed by atoms with Crippen LogP contribution in [-0.4, -0.2) is 36.2 Å². The largest absolute Gasteiger partial charge is 0.395 e. The van der Waals surface area contributed by atoms with Gasteiger partial charge < -0.3 is 10.8 Å². The minimum Gasteiger partial charge on any atom is -0.395 e. The van der Waals surface area contributed by atoms with Crippen molar-refractivity contribution in [1.29, 1.82) is 0 Å².